The normalized spacial score (nSPS) is 30.6. The highest BCUT2D eigenvalue weighted by molar-refractivity contribution is 5.69. The maximum atomic E-state index is 11.9. The van der Waals surface area contributed by atoms with Gasteiger partial charge in [-0.05, 0) is 46.0 Å². The van der Waals surface area contributed by atoms with E-state index in [2.05, 4.69) is 0 Å². The standard InChI is InChI=1S/C12H21NO3/c1-12(2,3)16-11(15)13-7-6-9(14)10(13)8-4-5-8/h8-10,14H,4-7H2,1-3H3/t9-,10+/m0/s1. The predicted molar refractivity (Wildman–Crippen MR) is 60.1 cm³/mol. The van der Waals surface area contributed by atoms with Gasteiger partial charge in [-0.3, -0.25) is 0 Å². The minimum absolute atomic E-state index is 0.00477. The van der Waals surface area contributed by atoms with Crippen LogP contribution in [-0.4, -0.2) is 40.4 Å². The maximum absolute atomic E-state index is 11.9. The van der Waals surface area contributed by atoms with E-state index in [1.54, 1.807) is 4.90 Å². The van der Waals surface area contributed by atoms with Gasteiger partial charge in [-0.2, -0.15) is 0 Å². The van der Waals surface area contributed by atoms with E-state index < -0.39 is 5.60 Å². The Morgan fingerprint density at radius 2 is 1.94 bits per heavy atom. The number of carbonyl (C=O) groups excluding carboxylic acids is 1. The zero-order valence-corrected chi connectivity index (χ0v) is 10.3. The van der Waals surface area contributed by atoms with Gasteiger partial charge in [0.2, 0.25) is 0 Å². The number of nitrogens with zero attached hydrogens (tertiary/aromatic N) is 1. The number of carbonyl (C=O) groups is 1. The van der Waals surface area contributed by atoms with Crippen LogP contribution in [-0.2, 0) is 4.74 Å². The molecule has 2 rings (SSSR count). The van der Waals surface area contributed by atoms with E-state index in [4.69, 9.17) is 4.74 Å². The number of likely N-dealkylation sites (tertiary alicyclic amines) is 1. The predicted octanol–water partition coefficient (Wildman–Crippen LogP) is 1.77. The molecule has 2 aliphatic rings. The second kappa shape index (κ2) is 3.91. The fraction of sp³-hybridized carbons (Fsp3) is 0.917. The minimum atomic E-state index is -0.460. The lowest BCUT2D eigenvalue weighted by Gasteiger charge is -2.29. The lowest BCUT2D eigenvalue weighted by atomic mass is 10.1. The van der Waals surface area contributed by atoms with Gasteiger partial charge in [0, 0.05) is 6.54 Å². The molecular weight excluding hydrogens is 206 g/mol. The molecule has 0 spiro atoms. The van der Waals surface area contributed by atoms with Crippen LogP contribution in [0, 0.1) is 5.92 Å². The number of aliphatic hydroxyl groups is 1. The number of aliphatic hydroxyl groups excluding tert-OH is 1. The van der Waals surface area contributed by atoms with Crippen molar-refractivity contribution in [3.8, 4) is 0 Å². The van der Waals surface area contributed by atoms with E-state index in [-0.39, 0.29) is 18.2 Å². The van der Waals surface area contributed by atoms with E-state index in [1.807, 2.05) is 20.8 Å². The van der Waals surface area contributed by atoms with E-state index in [9.17, 15) is 9.90 Å². The molecule has 0 radical (unpaired) electrons. The van der Waals surface area contributed by atoms with Crippen molar-refractivity contribution in [1.29, 1.82) is 0 Å². The van der Waals surface area contributed by atoms with Crippen molar-refractivity contribution in [1.82, 2.24) is 4.90 Å². The first-order chi connectivity index (χ1) is 7.38. The Morgan fingerprint density at radius 1 is 1.31 bits per heavy atom. The molecule has 1 saturated carbocycles. The molecule has 1 aliphatic carbocycles. The molecule has 1 heterocycles. The molecule has 0 bridgehead atoms. The molecule has 0 aromatic carbocycles. The third-order valence-electron chi connectivity index (χ3n) is 3.15. The van der Waals surface area contributed by atoms with Crippen molar-refractivity contribution < 1.29 is 14.6 Å². The molecule has 1 saturated heterocycles. The Balaban J connectivity index is 2.00. The van der Waals surface area contributed by atoms with Gasteiger partial charge in [-0.1, -0.05) is 0 Å². The Morgan fingerprint density at radius 3 is 2.44 bits per heavy atom. The summed E-state index contributed by atoms with van der Waals surface area (Å²) in [5.41, 5.74) is -0.460. The van der Waals surface area contributed by atoms with Crippen LogP contribution in [0.3, 0.4) is 0 Å². The van der Waals surface area contributed by atoms with Crippen molar-refractivity contribution in [3.63, 3.8) is 0 Å². The van der Waals surface area contributed by atoms with Crippen molar-refractivity contribution in [2.75, 3.05) is 6.54 Å². The van der Waals surface area contributed by atoms with Crippen LogP contribution in [0.4, 0.5) is 4.79 Å². The Hall–Kier alpha value is -0.770. The Kier molecular flexibility index (Phi) is 2.86. The lowest BCUT2D eigenvalue weighted by Crippen LogP contribution is -2.43. The van der Waals surface area contributed by atoms with Crippen LogP contribution < -0.4 is 0 Å². The fourth-order valence-corrected chi connectivity index (χ4v) is 2.34. The lowest BCUT2D eigenvalue weighted by molar-refractivity contribution is 0.0125. The summed E-state index contributed by atoms with van der Waals surface area (Å²) < 4.78 is 5.35. The van der Waals surface area contributed by atoms with Crippen LogP contribution in [0.2, 0.25) is 0 Å². The molecule has 1 N–H and O–H groups in total. The summed E-state index contributed by atoms with van der Waals surface area (Å²) in [4.78, 5) is 13.7. The first kappa shape index (κ1) is 11.7. The third kappa shape index (κ3) is 2.48. The quantitative estimate of drug-likeness (QED) is 0.742. The second-order valence-corrected chi connectivity index (χ2v) is 5.86. The molecule has 0 unspecified atom stereocenters. The summed E-state index contributed by atoms with van der Waals surface area (Å²) in [6.45, 7) is 6.22. The van der Waals surface area contributed by atoms with E-state index in [0.717, 1.165) is 12.8 Å². The van der Waals surface area contributed by atoms with Crippen LogP contribution in [0.5, 0.6) is 0 Å². The van der Waals surface area contributed by atoms with E-state index in [0.29, 0.717) is 18.9 Å². The van der Waals surface area contributed by atoms with Gasteiger partial charge >= 0.3 is 6.09 Å². The zero-order chi connectivity index (χ0) is 11.9. The maximum Gasteiger partial charge on any atom is 0.410 e. The van der Waals surface area contributed by atoms with Crippen molar-refractivity contribution in [2.45, 2.75) is 57.8 Å². The van der Waals surface area contributed by atoms with Crippen molar-refractivity contribution in [2.24, 2.45) is 5.92 Å². The smallest absolute Gasteiger partial charge is 0.410 e. The third-order valence-corrected chi connectivity index (χ3v) is 3.15. The molecule has 0 aromatic heterocycles. The zero-order valence-electron chi connectivity index (χ0n) is 10.3. The highest BCUT2D eigenvalue weighted by Gasteiger charge is 2.46. The number of rotatable bonds is 1. The largest absolute Gasteiger partial charge is 0.444 e. The van der Waals surface area contributed by atoms with Gasteiger partial charge < -0.3 is 14.7 Å². The van der Waals surface area contributed by atoms with Gasteiger partial charge in [0.05, 0.1) is 12.1 Å². The summed E-state index contributed by atoms with van der Waals surface area (Å²) in [6, 6.07) is -0.00477. The molecule has 1 amide bonds. The summed E-state index contributed by atoms with van der Waals surface area (Å²) >= 11 is 0. The topological polar surface area (TPSA) is 49.8 Å². The second-order valence-electron chi connectivity index (χ2n) is 5.86. The molecule has 2 fully saturated rings. The molecular formula is C12H21NO3. The highest BCUT2D eigenvalue weighted by Crippen LogP contribution is 2.40. The monoisotopic (exact) mass is 227 g/mol. The average molecular weight is 227 g/mol. The van der Waals surface area contributed by atoms with Crippen LogP contribution >= 0.6 is 0 Å². The summed E-state index contributed by atoms with van der Waals surface area (Å²) in [5.74, 6) is 0.491. The first-order valence-corrected chi connectivity index (χ1v) is 6.06. The van der Waals surface area contributed by atoms with Crippen LogP contribution in [0.15, 0.2) is 0 Å². The molecule has 0 aromatic rings. The van der Waals surface area contributed by atoms with Crippen molar-refractivity contribution >= 4 is 6.09 Å². The number of hydrogen-bond donors (Lipinski definition) is 1. The summed E-state index contributed by atoms with van der Waals surface area (Å²) in [7, 11) is 0. The molecule has 4 heteroatoms. The SMILES string of the molecule is CC(C)(C)OC(=O)N1CC[C@H](O)[C@H]1C1CC1. The fourth-order valence-electron chi connectivity index (χ4n) is 2.34. The number of amides is 1. The van der Waals surface area contributed by atoms with Gasteiger partial charge in [0.15, 0.2) is 0 Å². The highest BCUT2D eigenvalue weighted by atomic mass is 16.6. The van der Waals surface area contributed by atoms with Gasteiger partial charge in [-0.15, -0.1) is 0 Å². The van der Waals surface area contributed by atoms with Gasteiger partial charge in [-0.25, -0.2) is 4.79 Å². The Labute approximate surface area is 96.6 Å². The molecule has 2 atom stereocenters. The van der Waals surface area contributed by atoms with Crippen LogP contribution in [0.25, 0.3) is 0 Å². The van der Waals surface area contributed by atoms with Gasteiger partial charge in [0.25, 0.3) is 0 Å². The molecule has 92 valence electrons. The number of hydrogen-bond acceptors (Lipinski definition) is 3. The Bertz CT molecular complexity index is 280. The first-order valence-electron chi connectivity index (χ1n) is 6.06. The minimum Gasteiger partial charge on any atom is -0.444 e. The summed E-state index contributed by atoms with van der Waals surface area (Å²) in [5, 5.41) is 9.87. The van der Waals surface area contributed by atoms with E-state index in [1.165, 1.54) is 0 Å². The summed E-state index contributed by atoms with van der Waals surface area (Å²) in [6.07, 6.45) is 2.30. The molecule has 16 heavy (non-hydrogen) atoms. The van der Waals surface area contributed by atoms with Gasteiger partial charge in [0.1, 0.15) is 5.60 Å². The molecule has 1 aliphatic heterocycles. The number of ether oxygens (including phenoxy) is 1. The average Bonchev–Trinajstić information content (AvgIpc) is 2.87. The van der Waals surface area contributed by atoms with Crippen LogP contribution in [0.1, 0.15) is 40.0 Å². The van der Waals surface area contributed by atoms with E-state index >= 15 is 0 Å². The van der Waals surface area contributed by atoms with Crippen molar-refractivity contribution in [3.05, 3.63) is 0 Å². The molecule has 4 nitrogen and oxygen atoms in total.